The van der Waals surface area contributed by atoms with E-state index in [1.807, 2.05) is 56.3 Å². The lowest BCUT2D eigenvalue weighted by molar-refractivity contribution is -0.118. The number of carbonyl (C=O) groups excluding carboxylic acids is 2. The van der Waals surface area contributed by atoms with Gasteiger partial charge in [-0.2, -0.15) is 0 Å². The van der Waals surface area contributed by atoms with E-state index in [0.29, 0.717) is 17.9 Å². The van der Waals surface area contributed by atoms with Crippen molar-refractivity contribution in [3.05, 3.63) is 71.9 Å². The highest BCUT2D eigenvalue weighted by Crippen LogP contribution is 2.28. The van der Waals surface area contributed by atoms with Crippen molar-refractivity contribution in [1.82, 2.24) is 4.98 Å². The maximum absolute atomic E-state index is 12.3. The number of benzene rings is 2. The zero-order valence-corrected chi connectivity index (χ0v) is 15.7. The van der Waals surface area contributed by atoms with Crippen LogP contribution in [0.2, 0.25) is 0 Å². The Morgan fingerprint density at radius 3 is 2.44 bits per heavy atom. The molecule has 2 aromatic carbocycles. The molecule has 5 nitrogen and oxygen atoms in total. The third-order valence-corrected chi connectivity index (χ3v) is 4.59. The van der Waals surface area contributed by atoms with E-state index in [0.717, 1.165) is 22.4 Å². The third kappa shape index (κ3) is 4.14. The van der Waals surface area contributed by atoms with Crippen molar-refractivity contribution in [3.8, 4) is 11.1 Å². The number of amides is 1. The summed E-state index contributed by atoms with van der Waals surface area (Å²) in [6.45, 7) is 3.87. The monoisotopic (exact) mass is 362 g/mol. The number of hydrogen-bond acceptors (Lipinski definition) is 4. The Kier molecular flexibility index (Phi) is 5.50. The molecule has 3 rings (SSSR count). The molecule has 1 heterocycles. The lowest BCUT2D eigenvalue weighted by Crippen LogP contribution is -2.25. The van der Waals surface area contributed by atoms with Gasteiger partial charge in [0.05, 0.1) is 12.6 Å². The van der Waals surface area contributed by atoms with E-state index in [9.17, 15) is 9.59 Å². The van der Waals surface area contributed by atoms with Gasteiger partial charge in [-0.25, -0.2) is 4.98 Å². The molecule has 0 spiro atoms. The van der Waals surface area contributed by atoms with E-state index >= 15 is 0 Å². The van der Waals surface area contributed by atoms with E-state index in [-0.39, 0.29) is 18.1 Å². The highest BCUT2D eigenvalue weighted by molar-refractivity contribution is 5.97. The number of anilines is 1. The first kappa shape index (κ1) is 18.6. The summed E-state index contributed by atoms with van der Waals surface area (Å²) < 4.78 is 5.13. The van der Waals surface area contributed by atoms with Gasteiger partial charge in [0.25, 0.3) is 0 Å². The number of ketones is 1. The van der Waals surface area contributed by atoms with Gasteiger partial charge < -0.3 is 9.32 Å². The van der Waals surface area contributed by atoms with Crippen LogP contribution in [-0.4, -0.2) is 23.7 Å². The fourth-order valence-corrected chi connectivity index (χ4v) is 2.98. The second-order valence-electron chi connectivity index (χ2n) is 6.41. The van der Waals surface area contributed by atoms with E-state index in [2.05, 4.69) is 4.98 Å². The molecule has 0 radical (unpaired) electrons. The largest absolute Gasteiger partial charge is 0.449 e. The Hall–Kier alpha value is -3.21. The van der Waals surface area contributed by atoms with Gasteiger partial charge in [0, 0.05) is 24.7 Å². The number of hydrogen-bond donors (Lipinski definition) is 0. The van der Waals surface area contributed by atoms with Crippen LogP contribution >= 0.6 is 0 Å². The van der Waals surface area contributed by atoms with Crippen molar-refractivity contribution >= 4 is 17.4 Å². The summed E-state index contributed by atoms with van der Waals surface area (Å²) in [4.78, 5) is 29.8. The number of aromatic nitrogens is 1. The lowest BCUT2D eigenvalue weighted by atomic mass is 9.97. The van der Waals surface area contributed by atoms with Crippen LogP contribution in [-0.2, 0) is 11.2 Å². The Bertz CT molecular complexity index is 944. The Morgan fingerprint density at radius 2 is 1.85 bits per heavy atom. The van der Waals surface area contributed by atoms with Crippen LogP contribution in [0.1, 0.15) is 35.2 Å². The zero-order valence-electron chi connectivity index (χ0n) is 15.7. The van der Waals surface area contributed by atoms with Crippen molar-refractivity contribution in [2.24, 2.45) is 0 Å². The minimum absolute atomic E-state index is 0.0317. The van der Waals surface area contributed by atoms with Gasteiger partial charge in [-0.3, -0.25) is 9.59 Å². The lowest BCUT2D eigenvalue weighted by Gasteiger charge is -2.18. The van der Waals surface area contributed by atoms with Crippen molar-refractivity contribution in [2.75, 3.05) is 11.9 Å². The second-order valence-corrected chi connectivity index (χ2v) is 6.41. The van der Waals surface area contributed by atoms with Gasteiger partial charge in [0.2, 0.25) is 11.8 Å². The molecule has 0 aliphatic carbocycles. The molecule has 0 saturated heterocycles. The molecule has 3 aromatic rings. The first-order valence-electron chi connectivity index (χ1n) is 8.88. The standard InChI is InChI=1S/C22H22N2O3/c1-4-22(26)24(3)18-9-10-19(15(2)13-18)16-5-7-17(8-6-16)20(25)14-21-23-11-12-27-21/h5-13H,4,14H2,1-3H3. The molecule has 1 aromatic heterocycles. The molecule has 0 saturated carbocycles. The summed E-state index contributed by atoms with van der Waals surface area (Å²) in [6, 6.07) is 13.5. The fraction of sp³-hybridized carbons (Fsp3) is 0.227. The molecule has 0 bridgehead atoms. The topological polar surface area (TPSA) is 63.4 Å². The molecule has 0 aliphatic rings. The van der Waals surface area contributed by atoms with Crippen LogP contribution in [0.3, 0.4) is 0 Å². The van der Waals surface area contributed by atoms with Gasteiger partial charge in [-0.15, -0.1) is 0 Å². The zero-order chi connectivity index (χ0) is 19.4. The average molecular weight is 362 g/mol. The minimum Gasteiger partial charge on any atom is -0.449 e. The van der Waals surface area contributed by atoms with Gasteiger partial charge in [0.1, 0.15) is 6.26 Å². The van der Waals surface area contributed by atoms with E-state index in [1.165, 1.54) is 12.5 Å². The number of rotatable bonds is 6. The predicted molar refractivity (Wildman–Crippen MR) is 105 cm³/mol. The van der Waals surface area contributed by atoms with Gasteiger partial charge >= 0.3 is 0 Å². The highest BCUT2D eigenvalue weighted by Gasteiger charge is 2.12. The molecule has 0 atom stereocenters. The molecule has 1 amide bonds. The van der Waals surface area contributed by atoms with E-state index in [1.54, 1.807) is 11.9 Å². The van der Waals surface area contributed by atoms with Crippen LogP contribution in [0.25, 0.3) is 11.1 Å². The molecular formula is C22H22N2O3. The number of oxazole rings is 1. The smallest absolute Gasteiger partial charge is 0.226 e. The van der Waals surface area contributed by atoms with Crippen molar-refractivity contribution in [1.29, 1.82) is 0 Å². The van der Waals surface area contributed by atoms with Gasteiger partial charge in [0.15, 0.2) is 5.78 Å². The maximum atomic E-state index is 12.3. The summed E-state index contributed by atoms with van der Waals surface area (Å²) in [7, 11) is 1.79. The Labute approximate surface area is 158 Å². The molecule has 5 heteroatoms. The molecule has 138 valence electrons. The van der Waals surface area contributed by atoms with Crippen LogP contribution in [0.4, 0.5) is 5.69 Å². The van der Waals surface area contributed by atoms with E-state index < -0.39 is 0 Å². The van der Waals surface area contributed by atoms with E-state index in [4.69, 9.17) is 4.42 Å². The highest BCUT2D eigenvalue weighted by atomic mass is 16.3. The minimum atomic E-state index is -0.0317. The second kappa shape index (κ2) is 7.99. The number of Topliss-reactive ketones (excluding diaryl/α,β-unsaturated/α-hetero) is 1. The van der Waals surface area contributed by atoms with Crippen LogP contribution in [0.15, 0.2) is 59.3 Å². The summed E-state index contributed by atoms with van der Waals surface area (Å²) in [6.07, 6.45) is 3.62. The normalized spacial score (nSPS) is 10.6. The van der Waals surface area contributed by atoms with Crippen molar-refractivity contribution in [2.45, 2.75) is 26.7 Å². The van der Waals surface area contributed by atoms with Crippen LogP contribution in [0, 0.1) is 6.92 Å². The first-order valence-corrected chi connectivity index (χ1v) is 8.88. The molecule has 0 aliphatic heterocycles. The fourth-order valence-electron chi connectivity index (χ4n) is 2.98. The quantitative estimate of drug-likeness (QED) is 0.608. The Morgan fingerprint density at radius 1 is 1.11 bits per heavy atom. The summed E-state index contributed by atoms with van der Waals surface area (Å²) in [5, 5.41) is 0. The van der Waals surface area contributed by atoms with Crippen molar-refractivity contribution < 1.29 is 14.0 Å². The predicted octanol–water partition coefficient (Wildman–Crippen LogP) is 4.45. The summed E-state index contributed by atoms with van der Waals surface area (Å²) in [5.41, 5.74) is 4.67. The number of nitrogens with zero attached hydrogens (tertiary/aromatic N) is 2. The maximum Gasteiger partial charge on any atom is 0.226 e. The first-order chi connectivity index (χ1) is 13.0. The summed E-state index contributed by atoms with van der Waals surface area (Å²) >= 11 is 0. The molecule has 27 heavy (non-hydrogen) atoms. The SMILES string of the molecule is CCC(=O)N(C)c1ccc(-c2ccc(C(=O)Cc3ncco3)cc2)c(C)c1. The summed E-state index contributed by atoms with van der Waals surface area (Å²) in [5.74, 6) is 0.466. The number of aryl methyl sites for hydroxylation is 1. The van der Waals surface area contributed by atoms with Crippen LogP contribution in [0.5, 0.6) is 0 Å². The van der Waals surface area contributed by atoms with Gasteiger partial charge in [-0.1, -0.05) is 37.3 Å². The third-order valence-electron chi connectivity index (χ3n) is 4.59. The van der Waals surface area contributed by atoms with Crippen molar-refractivity contribution in [3.63, 3.8) is 0 Å². The molecule has 0 N–H and O–H groups in total. The van der Waals surface area contributed by atoms with Crippen LogP contribution < -0.4 is 4.90 Å². The molecular weight excluding hydrogens is 340 g/mol. The Balaban J connectivity index is 1.78. The van der Waals surface area contributed by atoms with Gasteiger partial charge in [-0.05, 0) is 35.7 Å². The molecule has 0 fully saturated rings. The molecule has 0 unspecified atom stereocenters. The number of carbonyl (C=O) groups is 2. The average Bonchev–Trinajstić information content (AvgIpc) is 3.19.